The Balaban J connectivity index is 2.81. The van der Waals surface area contributed by atoms with E-state index >= 15 is 0 Å². The highest BCUT2D eigenvalue weighted by atomic mass is 32.2. The van der Waals surface area contributed by atoms with Gasteiger partial charge in [0.2, 0.25) is 0 Å². The molecule has 0 saturated heterocycles. The standard InChI is InChI=1S/C11H21N3O2S2/c1-7(11(3,4)5)6-13-18(15,16)9-8(2)14-10(12)17-9/h7,13H,6H2,1-5H3,(H2,12,14). The van der Waals surface area contributed by atoms with Gasteiger partial charge in [-0.1, -0.05) is 39.0 Å². The van der Waals surface area contributed by atoms with Gasteiger partial charge in [0.15, 0.2) is 9.34 Å². The first-order chi connectivity index (χ1) is 8.04. The molecule has 1 unspecified atom stereocenters. The van der Waals surface area contributed by atoms with E-state index in [0.29, 0.717) is 12.2 Å². The molecule has 0 amide bonds. The van der Waals surface area contributed by atoms with Crippen molar-refractivity contribution in [1.82, 2.24) is 9.71 Å². The number of anilines is 1. The van der Waals surface area contributed by atoms with Crippen LogP contribution in [-0.4, -0.2) is 19.9 Å². The third-order valence-electron chi connectivity index (χ3n) is 3.07. The van der Waals surface area contributed by atoms with E-state index < -0.39 is 10.0 Å². The number of nitrogen functional groups attached to an aromatic ring is 1. The minimum absolute atomic E-state index is 0.0598. The Bertz CT molecular complexity index is 515. The first kappa shape index (κ1) is 15.4. The van der Waals surface area contributed by atoms with Crippen molar-refractivity contribution >= 4 is 26.5 Å². The van der Waals surface area contributed by atoms with E-state index in [2.05, 4.69) is 30.5 Å². The molecule has 1 aromatic rings. The third kappa shape index (κ3) is 3.66. The van der Waals surface area contributed by atoms with Crippen LogP contribution in [0.3, 0.4) is 0 Å². The largest absolute Gasteiger partial charge is 0.375 e. The summed E-state index contributed by atoms with van der Waals surface area (Å²) in [4.78, 5) is 3.93. The Kier molecular flexibility index (Phi) is 4.40. The molecule has 0 aliphatic rings. The van der Waals surface area contributed by atoms with E-state index in [1.165, 1.54) is 0 Å². The summed E-state index contributed by atoms with van der Waals surface area (Å²) in [7, 11) is -3.50. The van der Waals surface area contributed by atoms with Gasteiger partial charge in [-0.05, 0) is 18.3 Å². The number of aryl methyl sites for hydroxylation is 1. The monoisotopic (exact) mass is 291 g/mol. The smallest absolute Gasteiger partial charge is 0.252 e. The van der Waals surface area contributed by atoms with Crippen LogP contribution < -0.4 is 10.5 Å². The van der Waals surface area contributed by atoms with Crippen LogP contribution in [0.1, 0.15) is 33.4 Å². The van der Waals surface area contributed by atoms with Gasteiger partial charge in [-0.3, -0.25) is 0 Å². The fourth-order valence-corrected chi connectivity index (χ4v) is 3.73. The van der Waals surface area contributed by atoms with E-state index in [4.69, 9.17) is 5.73 Å². The number of hydrogen-bond acceptors (Lipinski definition) is 5. The summed E-state index contributed by atoms with van der Waals surface area (Å²) in [5.41, 5.74) is 6.03. The fraction of sp³-hybridized carbons (Fsp3) is 0.727. The van der Waals surface area contributed by atoms with Gasteiger partial charge in [0.1, 0.15) is 0 Å². The Morgan fingerprint density at radius 3 is 2.39 bits per heavy atom. The highest BCUT2D eigenvalue weighted by Gasteiger charge is 2.25. The van der Waals surface area contributed by atoms with Crippen LogP contribution in [0.5, 0.6) is 0 Å². The van der Waals surface area contributed by atoms with E-state index in [-0.39, 0.29) is 20.7 Å². The minimum atomic E-state index is -3.50. The summed E-state index contributed by atoms with van der Waals surface area (Å²) in [6.45, 7) is 10.3. The van der Waals surface area contributed by atoms with E-state index in [1.54, 1.807) is 6.92 Å². The van der Waals surface area contributed by atoms with E-state index in [9.17, 15) is 8.42 Å². The fourth-order valence-electron chi connectivity index (χ4n) is 1.26. The van der Waals surface area contributed by atoms with Crippen LogP contribution in [0.15, 0.2) is 4.21 Å². The number of nitrogens with one attached hydrogen (secondary N) is 1. The van der Waals surface area contributed by atoms with Crippen molar-refractivity contribution in [2.75, 3.05) is 12.3 Å². The van der Waals surface area contributed by atoms with Crippen LogP contribution in [-0.2, 0) is 10.0 Å². The second-order valence-electron chi connectivity index (χ2n) is 5.54. The van der Waals surface area contributed by atoms with Gasteiger partial charge >= 0.3 is 0 Å². The van der Waals surface area contributed by atoms with Crippen molar-refractivity contribution in [2.45, 2.75) is 38.8 Å². The summed E-state index contributed by atoms with van der Waals surface area (Å²) in [5, 5.41) is 0.275. The zero-order valence-electron chi connectivity index (χ0n) is 11.4. The highest BCUT2D eigenvalue weighted by molar-refractivity contribution is 7.91. The lowest BCUT2D eigenvalue weighted by atomic mass is 9.82. The molecular weight excluding hydrogens is 270 g/mol. The van der Waals surface area contributed by atoms with Gasteiger partial charge in [0.05, 0.1) is 5.69 Å². The molecule has 3 N–H and O–H groups in total. The van der Waals surface area contributed by atoms with Gasteiger partial charge in [-0.15, -0.1) is 0 Å². The Hall–Kier alpha value is -0.660. The molecule has 5 nitrogen and oxygen atoms in total. The number of sulfonamides is 1. The molecule has 1 rings (SSSR count). The van der Waals surface area contributed by atoms with Crippen LogP contribution >= 0.6 is 11.3 Å². The first-order valence-electron chi connectivity index (χ1n) is 5.76. The topological polar surface area (TPSA) is 85.1 Å². The van der Waals surface area contributed by atoms with Gasteiger partial charge in [0.25, 0.3) is 10.0 Å². The number of aromatic nitrogens is 1. The maximum atomic E-state index is 12.1. The van der Waals surface area contributed by atoms with Gasteiger partial charge in [0, 0.05) is 6.54 Å². The number of nitrogens with zero attached hydrogens (tertiary/aromatic N) is 1. The van der Waals surface area contributed by atoms with Crippen molar-refractivity contribution in [2.24, 2.45) is 11.3 Å². The summed E-state index contributed by atoms with van der Waals surface area (Å²) in [6.07, 6.45) is 0. The second-order valence-corrected chi connectivity index (χ2v) is 8.54. The molecular formula is C11H21N3O2S2. The van der Waals surface area contributed by atoms with Gasteiger partial charge in [-0.25, -0.2) is 18.1 Å². The number of rotatable bonds is 4. The summed E-state index contributed by atoms with van der Waals surface area (Å²) < 4.78 is 27.0. The third-order valence-corrected chi connectivity index (χ3v) is 6.09. The molecule has 0 spiro atoms. The van der Waals surface area contributed by atoms with Crippen LogP contribution in [0, 0.1) is 18.3 Å². The maximum absolute atomic E-state index is 12.1. The summed E-state index contributed by atoms with van der Waals surface area (Å²) in [5.74, 6) is 0.234. The zero-order valence-corrected chi connectivity index (χ0v) is 13.1. The second kappa shape index (κ2) is 5.14. The Labute approximate surface area is 113 Å². The average Bonchev–Trinajstić information content (AvgIpc) is 2.53. The molecule has 1 aromatic heterocycles. The molecule has 104 valence electrons. The molecule has 0 radical (unpaired) electrons. The maximum Gasteiger partial charge on any atom is 0.252 e. The number of nitrogens with two attached hydrogens (primary N) is 1. The molecule has 0 aliphatic carbocycles. The summed E-state index contributed by atoms with van der Waals surface area (Å²) >= 11 is 0.997. The van der Waals surface area contributed by atoms with Crippen LogP contribution in [0.2, 0.25) is 0 Å². The lowest BCUT2D eigenvalue weighted by Gasteiger charge is -2.27. The first-order valence-corrected chi connectivity index (χ1v) is 8.06. The quantitative estimate of drug-likeness (QED) is 0.888. The SMILES string of the molecule is Cc1nc(N)sc1S(=O)(=O)NCC(C)C(C)(C)C. The predicted octanol–water partition coefficient (Wildman–Crippen LogP) is 1.99. The predicted molar refractivity (Wildman–Crippen MR) is 75.1 cm³/mol. The van der Waals surface area contributed by atoms with Crippen molar-refractivity contribution in [3.63, 3.8) is 0 Å². The van der Waals surface area contributed by atoms with Crippen molar-refractivity contribution in [3.8, 4) is 0 Å². The molecule has 0 aromatic carbocycles. The molecule has 18 heavy (non-hydrogen) atoms. The summed E-state index contributed by atoms with van der Waals surface area (Å²) in [6, 6.07) is 0. The van der Waals surface area contributed by atoms with Crippen molar-refractivity contribution in [3.05, 3.63) is 5.69 Å². The van der Waals surface area contributed by atoms with Crippen molar-refractivity contribution in [1.29, 1.82) is 0 Å². The van der Waals surface area contributed by atoms with Crippen LogP contribution in [0.25, 0.3) is 0 Å². The molecule has 0 bridgehead atoms. The minimum Gasteiger partial charge on any atom is -0.375 e. The zero-order chi connectivity index (χ0) is 14.1. The molecule has 7 heteroatoms. The van der Waals surface area contributed by atoms with Crippen molar-refractivity contribution < 1.29 is 8.42 Å². The molecule has 1 atom stereocenters. The average molecular weight is 291 g/mol. The lowest BCUT2D eigenvalue weighted by molar-refractivity contribution is 0.263. The van der Waals surface area contributed by atoms with Gasteiger partial charge < -0.3 is 5.73 Å². The van der Waals surface area contributed by atoms with E-state index in [1.807, 2.05) is 6.92 Å². The number of hydrogen-bond donors (Lipinski definition) is 2. The lowest BCUT2D eigenvalue weighted by Crippen LogP contribution is -2.33. The molecule has 0 fully saturated rings. The molecule has 1 heterocycles. The highest BCUT2D eigenvalue weighted by Crippen LogP contribution is 2.27. The normalized spacial score (nSPS) is 14.7. The molecule has 0 saturated carbocycles. The van der Waals surface area contributed by atoms with Gasteiger partial charge in [-0.2, -0.15) is 0 Å². The molecule has 0 aliphatic heterocycles. The van der Waals surface area contributed by atoms with Crippen LogP contribution in [0.4, 0.5) is 5.13 Å². The number of thiazole rings is 1. The Morgan fingerprint density at radius 1 is 1.44 bits per heavy atom. The Morgan fingerprint density at radius 2 is 2.00 bits per heavy atom. The van der Waals surface area contributed by atoms with E-state index in [0.717, 1.165) is 11.3 Å².